The molecule has 17 heavy (non-hydrogen) atoms. The van der Waals surface area contributed by atoms with Gasteiger partial charge in [-0.2, -0.15) is 0 Å². The van der Waals surface area contributed by atoms with Crippen molar-refractivity contribution < 1.29 is 14.3 Å². The molecule has 0 aromatic rings. The summed E-state index contributed by atoms with van der Waals surface area (Å²) in [6.45, 7) is 7.85. The summed E-state index contributed by atoms with van der Waals surface area (Å²) < 4.78 is 10.1. The highest BCUT2D eigenvalue weighted by atomic mass is 16.5. The topological polar surface area (TPSA) is 47.6 Å². The Morgan fingerprint density at radius 2 is 2.00 bits per heavy atom. The van der Waals surface area contributed by atoms with Crippen LogP contribution in [0.1, 0.15) is 46.5 Å². The zero-order valence-corrected chi connectivity index (χ0v) is 11.7. The van der Waals surface area contributed by atoms with E-state index in [-0.39, 0.29) is 5.97 Å². The second-order valence-corrected chi connectivity index (χ2v) is 4.43. The lowest BCUT2D eigenvalue weighted by molar-refractivity contribution is -0.150. The van der Waals surface area contributed by atoms with Gasteiger partial charge < -0.3 is 14.8 Å². The molecule has 0 amide bonds. The van der Waals surface area contributed by atoms with E-state index in [1.54, 1.807) is 7.11 Å². The van der Waals surface area contributed by atoms with Gasteiger partial charge in [0, 0.05) is 13.7 Å². The molecule has 0 saturated heterocycles. The molecule has 0 fully saturated rings. The standard InChI is InChI=1S/C13H27NO3/c1-5-10-14-13(3,12(15)17-6-2)9-7-8-11-16-4/h14H,5-11H2,1-4H3. The third kappa shape index (κ3) is 6.64. The number of methoxy groups -OCH3 is 1. The highest BCUT2D eigenvalue weighted by Crippen LogP contribution is 2.16. The molecule has 0 rings (SSSR count). The molecule has 0 heterocycles. The molecule has 1 N–H and O–H groups in total. The first-order valence-corrected chi connectivity index (χ1v) is 6.52. The molecule has 102 valence electrons. The summed E-state index contributed by atoms with van der Waals surface area (Å²) >= 11 is 0. The van der Waals surface area contributed by atoms with Gasteiger partial charge >= 0.3 is 5.97 Å². The highest BCUT2D eigenvalue weighted by molar-refractivity contribution is 5.80. The molecule has 1 atom stereocenters. The van der Waals surface area contributed by atoms with Gasteiger partial charge in [0.25, 0.3) is 0 Å². The van der Waals surface area contributed by atoms with Crippen molar-refractivity contribution in [2.24, 2.45) is 0 Å². The number of carbonyl (C=O) groups excluding carboxylic acids is 1. The molecule has 0 radical (unpaired) electrons. The largest absolute Gasteiger partial charge is 0.465 e. The van der Waals surface area contributed by atoms with Crippen molar-refractivity contribution in [1.29, 1.82) is 0 Å². The van der Waals surface area contributed by atoms with Crippen LogP contribution in [0.15, 0.2) is 0 Å². The number of unbranched alkanes of at least 4 members (excludes halogenated alkanes) is 1. The Labute approximate surface area is 105 Å². The van der Waals surface area contributed by atoms with Crippen molar-refractivity contribution in [3.05, 3.63) is 0 Å². The SMILES string of the molecule is CCCNC(C)(CCCCOC)C(=O)OCC. The van der Waals surface area contributed by atoms with Crippen molar-refractivity contribution in [2.75, 3.05) is 26.9 Å². The van der Waals surface area contributed by atoms with Crippen LogP contribution in [0, 0.1) is 0 Å². The second kappa shape index (κ2) is 9.42. The van der Waals surface area contributed by atoms with E-state index in [1.807, 2.05) is 13.8 Å². The Balaban J connectivity index is 4.22. The van der Waals surface area contributed by atoms with E-state index in [2.05, 4.69) is 12.2 Å². The van der Waals surface area contributed by atoms with Crippen LogP contribution in [-0.2, 0) is 14.3 Å². The third-order valence-corrected chi connectivity index (χ3v) is 2.77. The van der Waals surface area contributed by atoms with E-state index in [9.17, 15) is 4.79 Å². The molecule has 1 unspecified atom stereocenters. The smallest absolute Gasteiger partial charge is 0.326 e. The molecule has 0 bridgehead atoms. The molecule has 0 aliphatic rings. The van der Waals surface area contributed by atoms with Crippen LogP contribution in [-0.4, -0.2) is 38.4 Å². The zero-order valence-electron chi connectivity index (χ0n) is 11.7. The Morgan fingerprint density at radius 3 is 2.53 bits per heavy atom. The third-order valence-electron chi connectivity index (χ3n) is 2.77. The van der Waals surface area contributed by atoms with Gasteiger partial charge in [-0.3, -0.25) is 4.79 Å². The van der Waals surface area contributed by atoms with Crippen LogP contribution in [0.5, 0.6) is 0 Å². The molecule has 0 aliphatic carbocycles. The Morgan fingerprint density at radius 1 is 1.29 bits per heavy atom. The van der Waals surface area contributed by atoms with E-state index in [0.717, 1.165) is 38.8 Å². The maximum absolute atomic E-state index is 11.9. The van der Waals surface area contributed by atoms with E-state index >= 15 is 0 Å². The summed E-state index contributed by atoms with van der Waals surface area (Å²) in [7, 11) is 1.69. The van der Waals surface area contributed by atoms with Gasteiger partial charge in [-0.15, -0.1) is 0 Å². The van der Waals surface area contributed by atoms with Crippen molar-refractivity contribution in [1.82, 2.24) is 5.32 Å². The number of esters is 1. The number of rotatable bonds is 10. The van der Waals surface area contributed by atoms with Crippen LogP contribution in [0.25, 0.3) is 0 Å². The van der Waals surface area contributed by atoms with Gasteiger partial charge in [0.2, 0.25) is 0 Å². The molecule has 4 nitrogen and oxygen atoms in total. The van der Waals surface area contributed by atoms with E-state index in [0.29, 0.717) is 6.61 Å². The predicted octanol–water partition coefficient (Wildman–Crippen LogP) is 2.12. The van der Waals surface area contributed by atoms with Crippen molar-refractivity contribution in [3.8, 4) is 0 Å². The summed E-state index contributed by atoms with van der Waals surface area (Å²) in [5.74, 6) is -0.147. The first-order valence-electron chi connectivity index (χ1n) is 6.52. The number of ether oxygens (including phenoxy) is 2. The predicted molar refractivity (Wildman–Crippen MR) is 69.1 cm³/mol. The molecule has 0 spiro atoms. The average molecular weight is 245 g/mol. The maximum atomic E-state index is 11.9. The number of nitrogens with one attached hydrogen (secondary N) is 1. The summed E-state index contributed by atoms with van der Waals surface area (Å²) in [5.41, 5.74) is -0.556. The zero-order chi connectivity index (χ0) is 13.1. The molecule has 4 heteroatoms. The fraction of sp³-hybridized carbons (Fsp3) is 0.923. The first kappa shape index (κ1) is 16.4. The van der Waals surface area contributed by atoms with E-state index < -0.39 is 5.54 Å². The van der Waals surface area contributed by atoms with E-state index in [1.165, 1.54) is 0 Å². The van der Waals surface area contributed by atoms with Crippen LogP contribution in [0.3, 0.4) is 0 Å². The minimum atomic E-state index is -0.556. The van der Waals surface area contributed by atoms with Crippen LogP contribution >= 0.6 is 0 Å². The van der Waals surface area contributed by atoms with Gasteiger partial charge in [0.15, 0.2) is 0 Å². The number of hydrogen-bond donors (Lipinski definition) is 1. The van der Waals surface area contributed by atoms with Gasteiger partial charge in [-0.25, -0.2) is 0 Å². The quantitative estimate of drug-likeness (QED) is 0.473. The van der Waals surface area contributed by atoms with Gasteiger partial charge in [0.1, 0.15) is 5.54 Å². The summed E-state index contributed by atoms with van der Waals surface area (Å²) in [6.07, 6.45) is 3.72. The summed E-state index contributed by atoms with van der Waals surface area (Å²) in [4.78, 5) is 11.9. The van der Waals surface area contributed by atoms with Crippen molar-refractivity contribution >= 4 is 5.97 Å². The fourth-order valence-electron chi connectivity index (χ4n) is 1.68. The average Bonchev–Trinajstić information content (AvgIpc) is 2.32. The van der Waals surface area contributed by atoms with Crippen molar-refractivity contribution in [3.63, 3.8) is 0 Å². The van der Waals surface area contributed by atoms with Gasteiger partial charge in [-0.1, -0.05) is 6.92 Å². The molecule has 0 saturated carbocycles. The van der Waals surface area contributed by atoms with Crippen molar-refractivity contribution in [2.45, 2.75) is 52.0 Å². The second-order valence-electron chi connectivity index (χ2n) is 4.43. The Hall–Kier alpha value is -0.610. The van der Waals surface area contributed by atoms with Crippen LogP contribution in [0.4, 0.5) is 0 Å². The molecule has 0 aliphatic heterocycles. The molecular weight excluding hydrogens is 218 g/mol. The summed E-state index contributed by atoms with van der Waals surface area (Å²) in [5, 5.41) is 3.29. The highest BCUT2D eigenvalue weighted by Gasteiger charge is 2.33. The first-order chi connectivity index (χ1) is 8.10. The van der Waals surface area contributed by atoms with Gasteiger partial charge in [0.05, 0.1) is 6.61 Å². The fourth-order valence-corrected chi connectivity index (χ4v) is 1.68. The Bertz CT molecular complexity index is 209. The monoisotopic (exact) mass is 245 g/mol. The lowest BCUT2D eigenvalue weighted by Crippen LogP contribution is -2.50. The maximum Gasteiger partial charge on any atom is 0.326 e. The minimum absolute atomic E-state index is 0.147. The lowest BCUT2D eigenvalue weighted by Gasteiger charge is -2.28. The normalized spacial score (nSPS) is 14.4. The molecular formula is C13H27NO3. The van der Waals surface area contributed by atoms with Crippen LogP contribution < -0.4 is 5.32 Å². The summed E-state index contributed by atoms with van der Waals surface area (Å²) in [6, 6.07) is 0. The van der Waals surface area contributed by atoms with E-state index in [4.69, 9.17) is 9.47 Å². The number of hydrogen-bond acceptors (Lipinski definition) is 4. The van der Waals surface area contributed by atoms with Gasteiger partial charge in [-0.05, 0) is 46.1 Å². The van der Waals surface area contributed by atoms with Crippen LogP contribution in [0.2, 0.25) is 0 Å². The Kier molecular flexibility index (Phi) is 9.09. The minimum Gasteiger partial charge on any atom is -0.465 e. The lowest BCUT2D eigenvalue weighted by atomic mass is 9.94. The molecule has 0 aromatic carbocycles. The number of carbonyl (C=O) groups is 1. The molecule has 0 aromatic heterocycles.